The van der Waals surface area contributed by atoms with E-state index in [1.165, 1.54) is 0 Å². The SMILES string of the molecule is Cc1cccnc1[C@@H](C)NC(=O)N1CCOCC1. The van der Waals surface area contributed by atoms with E-state index in [2.05, 4.69) is 10.3 Å². The number of carbonyl (C=O) groups is 1. The van der Waals surface area contributed by atoms with Gasteiger partial charge in [0.2, 0.25) is 0 Å². The van der Waals surface area contributed by atoms with Gasteiger partial charge in [0.25, 0.3) is 0 Å². The summed E-state index contributed by atoms with van der Waals surface area (Å²) in [5.41, 5.74) is 2.01. The van der Waals surface area contributed by atoms with Crippen LogP contribution in [0.4, 0.5) is 4.79 Å². The van der Waals surface area contributed by atoms with Crippen molar-refractivity contribution in [1.82, 2.24) is 15.2 Å². The number of hydrogen-bond acceptors (Lipinski definition) is 3. The summed E-state index contributed by atoms with van der Waals surface area (Å²) in [7, 11) is 0. The molecule has 1 N–H and O–H groups in total. The number of hydrogen-bond donors (Lipinski definition) is 1. The van der Waals surface area contributed by atoms with Gasteiger partial charge in [-0.25, -0.2) is 4.79 Å². The Bertz CT molecular complexity index is 416. The number of aromatic nitrogens is 1. The molecule has 0 bridgehead atoms. The Kier molecular flexibility index (Phi) is 4.15. The molecule has 2 amide bonds. The molecule has 0 aliphatic carbocycles. The van der Waals surface area contributed by atoms with E-state index in [0.29, 0.717) is 26.3 Å². The predicted octanol–water partition coefficient (Wildman–Crippen LogP) is 1.49. The van der Waals surface area contributed by atoms with Crippen LogP contribution in [-0.2, 0) is 4.74 Å². The number of urea groups is 1. The Labute approximate surface area is 107 Å². The molecule has 1 fully saturated rings. The first-order chi connectivity index (χ1) is 8.68. The highest BCUT2D eigenvalue weighted by Gasteiger charge is 2.19. The van der Waals surface area contributed by atoms with Crippen LogP contribution in [0.5, 0.6) is 0 Å². The number of carbonyl (C=O) groups excluding carboxylic acids is 1. The van der Waals surface area contributed by atoms with Crippen molar-refractivity contribution in [2.75, 3.05) is 26.3 Å². The molecule has 1 aliphatic heterocycles. The maximum atomic E-state index is 12.0. The van der Waals surface area contributed by atoms with Gasteiger partial charge in [-0.05, 0) is 25.5 Å². The monoisotopic (exact) mass is 249 g/mol. The van der Waals surface area contributed by atoms with Crippen molar-refractivity contribution < 1.29 is 9.53 Å². The smallest absolute Gasteiger partial charge is 0.318 e. The summed E-state index contributed by atoms with van der Waals surface area (Å²) in [6.45, 7) is 6.49. The molecule has 1 saturated heterocycles. The van der Waals surface area contributed by atoms with Gasteiger partial charge in [0, 0.05) is 19.3 Å². The number of amides is 2. The summed E-state index contributed by atoms with van der Waals surface area (Å²) < 4.78 is 5.22. The summed E-state index contributed by atoms with van der Waals surface area (Å²) in [4.78, 5) is 18.1. The molecule has 18 heavy (non-hydrogen) atoms. The van der Waals surface area contributed by atoms with Crippen LogP contribution in [0.25, 0.3) is 0 Å². The van der Waals surface area contributed by atoms with E-state index >= 15 is 0 Å². The first-order valence-electron chi connectivity index (χ1n) is 6.23. The zero-order valence-electron chi connectivity index (χ0n) is 10.8. The van der Waals surface area contributed by atoms with Crippen LogP contribution in [0.3, 0.4) is 0 Å². The second-order valence-corrected chi connectivity index (χ2v) is 4.48. The van der Waals surface area contributed by atoms with E-state index in [4.69, 9.17) is 4.74 Å². The molecule has 1 aliphatic rings. The van der Waals surface area contributed by atoms with Crippen molar-refractivity contribution in [3.05, 3.63) is 29.6 Å². The number of morpholine rings is 1. The second-order valence-electron chi connectivity index (χ2n) is 4.48. The fourth-order valence-corrected chi connectivity index (χ4v) is 2.06. The van der Waals surface area contributed by atoms with E-state index in [-0.39, 0.29) is 12.1 Å². The van der Waals surface area contributed by atoms with Crippen LogP contribution in [0.15, 0.2) is 18.3 Å². The van der Waals surface area contributed by atoms with Crippen molar-refractivity contribution >= 4 is 6.03 Å². The Morgan fingerprint density at radius 1 is 1.50 bits per heavy atom. The largest absolute Gasteiger partial charge is 0.378 e. The molecule has 1 aromatic heterocycles. The lowest BCUT2D eigenvalue weighted by atomic mass is 10.1. The Morgan fingerprint density at radius 2 is 2.22 bits per heavy atom. The number of pyridine rings is 1. The van der Waals surface area contributed by atoms with Gasteiger partial charge < -0.3 is 15.0 Å². The summed E-state index contributed by atoms with van der Waals surface area (Å²) in [6, 6.07) is 3.77. The van der Waals surface area contributed by atoms with Crippen molar-refractivity contribution in [3.8, 4) is 0 Å². The van der Waals surface area contributed by atoms with Gasteiger partial charge in [-0.2, -0.15) is 0 Å². The summed E-state index contributed by atoms with van der Waals surface area (Å²) in [5.74, 6) is 0. The Hall–Kier alpha value is -1.62. The van der Waals surface area contributed by atoms with Gasteiger partial charge in [0.05, 0.1) is 24.9 Å². The highest BCUT2D eigenvalue weighted by Crippen LogP contribution is 2.14. The first-order valence-corrected chi connectivity index (χ1v) is 6.23. The molecule has 1 aromatic rings. The zero-order chi connectivity index (χ0) is 13.0. The maximum Gasteiger partial charge on any atom is 0.318 e. The van der Waals surface area contributed by atoms with Crippen LogP contribution in [0.2, 0.25) is 0 Å². The molecule has 2 rings (SSSR count). The van der Waals surface area contributed by atoms with Gasteiger partial charge >= 0.3 is 6.03 Å². The van der Waals surface area contributed by atoms with Crippen molar-refractivity contribution in [2.45, 2.75) is 19.9 Å². The van der Waals surface area contributed by atoms with Gasteiger partial charge in [-0.15, -0.1) is 0 Å². The number of ether oxygens (including phenoxy) is 1. The molecular weight excluding hydrogens is 230 g/mol. The van der Waals surface area contributed by atoms with Crippen LogP contribution in [0.1, 0.15) is 24.2 Å². The molecule has 0 radical (unpaired) electrons. The third kappa shape index (κ3) is 2.98. The highest BCUT2D eigenvalue weighted by atomic mass is 16.5. The van der Waals surface area contributed by atoms with E-state index in [0.717, 1.165) is 11.3 Å². The lowest BCUT2D eigenvalue weighted by Gasteiger charge is -2.28. The molecule has 98 valence electrons. The molecule has 5 heteroatoms. The summed E-state index contributed by atoms with van der Waals surface area (Å²) in [5, 5.41) is 2.98. The average Bonchev–Trinajstić information content (AvgIpc) is 2.40. The van der Waals surface area contributed by atoms with Gasteiger partial charge in [-0.1, -0.05) is 6.07 Å². The average molecular weight is 249 g/mol. The normalized spacial score (nSPS) is 17.3. The fourth-order valence-electron chi connectivity index (χ4n) is 2.06. The van der Waals surface area contributed by atoms with Crippen molar-refractivity contribution in [2.24, 2.45) is 0 Å². The Balaban J connectivity index is 1.96. The molecule has 0 unspecified atom stereocenters. The highest BCUT2D eigenvalue weighted by molar-refractivity contribution is 5.74. The third-order valence-corrected chi connectivity index (χ3v) is 3.10. The van der Waals surface area contributed by atoms with Crippen LogP contribution in [0, 0.1) is 6.92 Å². The van der Waals surface area contributed by atoms with Crippen LogP contribution < -0.4 is 5.32 Å². The lowest BCUT2D eigenvalue weighted by molar-refractivity contribution is 0.0526. The van der Waals surface area contributed by atoms with E-state index in [1.807, 2.05) is 26.0 Å². The molecule has 5 nitrogen and oxygen atoms in total. The van der Waals surface area contributed by atoms with Crippen molar-refractivity contribution in [1.29, 1.82) is 0 Å². The zero-order valence-corrected chi connectivity index (χ0v) is 10.8. The fraction of sp³-hybridized carbons (Fsp3) is 0.538. The summed E-state index contributed by atoms with van der Waals surface area (Å²) >= 11 is 0. The van der Waals surface area contributed by atoms with Gasteiger partial charge in [0.1, 0.15) is 0 Å². The maximum absolute atomic E-state index is 12.0. The van der Waals surface area contributed by atoms with E-state index in [1.54, 1.807) is 11.1 Å². The minimum Gasteiger partial charge on any atom is -0.378 e. The quantitative estimate of drug-likeness (QED) is 0.864. The van der Waals surface area contributed by atoms with Crippen molar-refractivity contribution in [3.63, 3.8) is 0 Å². The van der Waals surface area contributed by atoms with Crippen LogP contribution in [-0.4, -0.2) is 42.2 Å². The van der Waals surface area contributed by atoms with Crippen LogP contribution >= 0.6 is 0 Å². The third-order valence-electron chi connectivity index (χ3n) is 3.10. The molecule has 0 aromatic carbocycles. The standard InChI is InChI=1S/C13H19N3O2/c1-10-4-3-5-14-12(10)11(2)15-13(17)16-6-8-18-9-7-16/h3-5,11H,6-9H2,1-2H3,(H,15,17)/t11-/m1/s1. The van der Waals surface area contributed by atoms with E-state index < -0.39 is 0 Å². The molecule has 2 heterocycles. The number of nitrogens with zero attached hydrogens (tertiary/aromatic N) is 2. The minimum atomic E-state index is -0.0819. The van der Waals surface area contributed by atoms with Gasteiger partial charge in [0.15, 0.2) is 0 Å². The lowest BCUT2D eigenvalue weighted by Crippen LogP contribution is -2.46. The number of rotatable bonds is 2. The molecular formula is C13H19N3O2. The molecule has 1 atom stereocenters. The van der Waals surface area contributed by atoms with E-state index in [9.17, 15) is 4.79 Å². The first kappa shape index (κ1) is 12.8. The molecule has 0 spiro atoms. The summed E-state index contributed by atoms with van der Waals surface area (Å²) in [6.07, 6.45) is 1.75. The second kappa shape index (κ2) is 5.82. The minimum absolute atomic E-state index is 0.0455. The number of nitrogens with one attached hydrogen (secondary N) is 1. The number of aryl methyl sites for hydroxylation is 1. The topological polar surface area (TPSA) is 54.5 Å². The predicted molar refractivity (Wildman–Crippen MR) is 68.3 cm³/mol. The Morgan fingerprint density at radius 3 is 2.89 bits per heavy atom. The molecule has 0 saturated carbocycles. The van der Waals surface area contributed by atoms with Gasteiger partial charge in [-0.3, -0.25) is 4.98 Å².